The number of anilines is 1. The number of aryl methyl sites for hydroxylation is 2. The molecule has 1 N–H and O–H groups in total. The summed E-state index contributed by atoms with van der Waals surface area (Å²) in [6.45, 7) is 3.59. The van der Waals surface area contributed by atoms with E-state index in [1.54, 1.807) is 24.5 Å². The summed E-state index contributed by atoms with van der Waals surface area (Å²) in [5, 5.41) is 10.9. The second-order valence-corrected chi connectivity index (χ2v) is 6.75. The first-order valence-corrected chi connectivity index (χ1v) is 9.19. The number of carbonyl (C=O) groups is 1. The summed E-state index contributed by atoms with van der Waals surface area (Å²) in [5.41, 5.74) is 3.21. The summed E-state index contributed by atoms with van der Waals surface area (Å²) < 4.78 is 6.32. The molecule has 150 valence electrons. The lowest BCUT2D eigenvalue weighted by molar-refractivity contribution is -0.117. The van der Waals surface area contributed by atoms with Crippen LogP contribution in [0.2, 0.25) is 0 Å². The Morgan fingerprint density at radius 2 is 2.03 bits per heavy atom. The fourth-order valence-corrected chi connectivity index (χ4v) is 2.81. The number of amides is 1. The summed E-state index contributed by atoms with van der Waals surface area (Å²) >= 11 is 0. The van der Waals surface area contributed by atoms with E-state index in [1.165, 1.54) is 12.1 Å². The Morgan fingerprint density at radius 3 is 2.83 bits per heavy atom. The van der Waals surface area contributed by atoms with E-state index in [1.807, 2.05) is 32.0 Å². The minimum atomic E-state index is -0.415. The van der Waals surface area contributed by atoms with Crippen molar-refractivity contribution in [2.45, 2.75) is 20.4 Å². The molecule has 0 unspecified atom stereocenters. The van der Waals surface area contributed by atoms with Crippen molar-refractivity contribution in [3.63, 3.8) is 0 Å². The highest BCUT2D eigenvalue weighted by Gasteiger charge is 2.15. The first-order chi connectivity index (χ1) is 14.5. The standard InChI is InChI=1S/C21H18N6O3/c1-13-5-6-14(2)17(10-13)23-18(28)12-27-19(29)8-7-16(25-27)21-24-20(26-30-21)15-4-3-9-22-11-15/h3-11H,12H2,1-2H3,(H,23,28). The molecule has 3 aromatic heterocycles. The van der Waals surface area contributed by atoms with Crippen LogP contribution in [-0.2, 0) is 11.3 Å². The third-order valence-electron chi connectivity index (χ3n) is 4.39. The molecule has 3 heterocycles. The molecule has 0 aliphatic heterocycles. The van der Waals surface area contributed by atoms with Crippen LogP contribution >= 0.6 is 0 Å². The van der Waals surface area contributed by atoms with Gasteiger partial charge < -0.3 is 9.84 Å². The highest BCUT2D eigenvalue weighted by Crippen LogP contribution is 2.19. The zero-order valence-electron chi connectivity index (χ0n) is 16.4. The first kappa shape index (κ1) is 19.2. The van der Waals surface area contributed by atoms with Gasteiger partial charge in [-0.3, -0.25) is 14.6 Å². The SMILES string of the molecule is Cc1ccc(C)c(NC(=O)Cn2nc(-c3nc(-c4cccnc4)no3)ccc2=O)c1. The van der Waals surface area contributed by atoms with Crippen molar-refractivity contribution in [2.75, 3.05) is 5.32 Å². The van der Waals surface area contributed by atoms with Gasteiger partial charge in [-0.15, -0.1) is 0 Å². The summed E-state index contributed by atoms with van der Waals surface area (Å²) in [4.78, 5) is 33.0. The predicted octanol–water partition coefficient (Wildman–Crippen LogP) is 2.61. The van der Waals surface area contributed by atoms with E-state index in [2.05, 4.69) is 25.5 Å². The maximum atomic E-state index is 12.5. The highest BCUT2D eigenvalue weighted by molar-refractivity contribution is 5.91. The minimum Gasteiger partial charge on any atom is -0.332 e. The molecule has 1 aromatic carbocycles. The van der Waals surface area contributed by atoms with Crippen molar-refractivity contribution in [1.29, 1.82) is 0 Å². The Kier molecular flexibility index (Phi) is 5.17. The van der Waals surface area contributed by atoms with Gasteiger partial charge in [0.2, 0.25) is 11.7 Å². The quantitative estimate of drug-likeness (QED) is 0.545. The fourth-order valence-electron chi connectivity index (χ4n) is 2.81. The highest BCUT2D eigenvalue weighted by atomic mass is 16.5. The number of hydrogen-bond acceptors (Lipinski definition) is 7. The van der Waals surface area contributed by atoms with E-state index in [4.69, 9.17) is 4.52 Å². The maximum Gasteiger partial charge on any atom is 0.278 e. The van der Waals surface area contributed by atoms with Crippen LogP contribution in [0, 0.1) is 13.8 Å². The molecule has 0 bridgehead atoms. The molecular weight excluding hydrogens is 384 g/mol. The van der Waals surface area contributed by atoms with Crippen LogP contribution < -0.4 is 10.9 Å². The molecule has 0 fully saturated rings. The number of aromatic nitrogens is 5. The van der Waals surface area contributed by atoms with Crippen molar-refractivity contribution >= 4 is 11.6 Å². The largest absolute Gasteiger partial charge is 0.332 e. The minimum absolute atomic E-state index is 0.137. The molecule has 0 radical (unpaired) electrons. The third-order valence-corrected chi connectivity index (χ3v) is 4.39. The summed E-state index contributed by atoms with van der Waals surface area (Å²) in [5.74, 6) is 0.125. The van der Waals surface area contributed by atoms with Crippen molar-refractivity contribution in [3.05, 3.63) is 76.3 Å². The third kappa shape index (κ3) is 4.14. The number of pyridine rings is 1. The van der Waals surface area contributed by atoms with Gasteiger partial charge in [0.1, 0.15) is 12.2 Å². The van der Waals surface area contributed by atoms with Gasteiger partial charge in [-0.2, -0.15) is 10.1 Å². The zero-order valence-corrected chi connectivity index (χ0v) is 16.4. The van der Waals surface area contributed by atoms with Crippen molar-refractivity contribution in [1.82, 2.24) is 24.9 Å². The van der Waals surface area contributed by atoms with Crippen LogP contribution in [0.25, 0.3) is 23.0 Å². The first-order valence-electron chi connectivity index (χ1n) is 9.19. The lowest BCUT2D eigenvalue weighted by Crippen LogP contribution is -2.29. The van der Waals surface area contributed by atoms with E-state index in [9.17, 15) is 9.59 Å². The summed E-state index contributed by atoms with van der Waals surface area (Å²) in [6.07, 6.45) is 3.26. The van der Waals surface area contributed by atoms with Gasteiger partial charge in [-0.05, 0) is 49.2 Å². The number of nitrogens with one attached hydrogen (secondary N) is 1. The van der Waals surface area contributed by atoms with Crippen LogP contribution in [0.15, 0.2) is 64.2 Å². The Balaban J connectivity index is 1.55. The van der Waals surface area contributed by atoms with Gasteiger partial charge >= 0.3 is 0 Å². The van der Waals surface area contributed by atoms with E-state index in [-0.39, 0.29) is 24.0 Å². The predicted molar refractivity (Wildman–Crippen MR) is 110 cm³/mol. The van der Waals surface area contributed by atoms with Gasteiger partial charge in [0.15, 0.2) is 0 Å². The lowest BCUT2D eigenvalue weighted by atomic mass is 10.1. The number of hydrogen-bond donors (Lipinski definition) is 1. The molecule has 0 aliphatic carbocycles. The Labute approximate surface area is 171 Å². The van der Waals surface area contributed by atoms with Crippen LogP contribution in [0.5, 0.6) is 0 Å². The number of benzene rings is 1. The molecule has 0 saturated carbocycles. The molecule has 4 aromatic rings. The van der Waals surface area contributed by atoms with E-state index >= 15 is 0 Å². The van der Waals surface area contributed by atoms with Crippen molar-refractivity contribution < 1.29 is 9.32 Å². The zero-order chi connectivity index (χ0) is 21.1. The molecule has 9 heteroatoms. The molecule has 0 atom stereocenters. The Hall–Kier alpha value is -4.14. The van der Waals surface area contributed by atoms with E-state index < -0.39 is 5.56 Å². The average molecular weight is 402 g/mol. The second kappa shape index (κ2) is 8.08. The molecule has 0 spiro atoms. The number of rotatable bonds is 5. The maximum absolute atomic E-state index is 12.5. The van der Waals surface area contributed by atoms with Crippen molar-refractivity contribution in [2.24, 2.45) is 0 Å². The molecular formula is C21H18N6O3. The smallest absolute Gasteiger partial charge is 0.278 e. The monoisotopic (exact) mass is 402 g/mol. The topological polar surface area (TPSA) is 116 Å². The van der Waals surface area contributed by atoms with Gasteiger partial charge in [0, 0.05) is 29.7 Å². The van der Waals surface area contributed by atoms with Gasteiger partial charge in [0.05, 0.1) is 0 Å². The molecule has 4 rings (SSSR count). The van der Waals surface area contributed by atoms with E-state index in [0.717, 1.165) is 15.8 Å². The summed E-state index contributed by atoms with van der Waals surface area (Å²) in [6, 6.07) is 12.1. The van der Waals surface area contributed by atoms with Gasteiger partial charge in [-0.25, -0.2) is 4.68 Å². The fraction of sp³-hybridized carbons (Fsp3) is 0.143. The lowest BCUT2D eigenvalue weighted by Gasteiger charge is -2.10. The number of nitrogens with zero attached hydrogens (tertiary/aromatic N) is 5. The molecule has 0 saturated heterocycles. The van der Waals surface area contributed by atoms with Crippen LogP contribution in [0.4, 0.5) is 5.69 Å². The Morgan fingerprint density at radius 1 is 1.17 bits per heavy atom. The normalized spacial score (nSPS) is 10.7. The number of carbonyl (C=O) groups excluding carboxylic acids is 1. The Bertz CT molecular complexity index is 1260. The molecule has 9 nitrogen and oxygen atoms in total. The van der Waals surface area contributed by atoms with Gasteiger partial charge in [0.25, 0.3) is 11.4 Å². The van der Waals surface area contributed by atoms with Crippen LogP contribution in [0.3, 0.4) is 0 Å². The molecule has 30 heavy (non-hydrogen) atoms. The van der Waals surface area contributed by atoms with E-state index in [0.29, 0.717) is 17.1 Å². The second-order valence-electron chi connectivity index (χ2n) is 6.75. The molecule has 1 amide bonds. The van der Waals surface area contributed by atoms with Crippen molar-refractivity contribution in [3.8, 4) is 23.0 Å². The van der Waals surface area contributed by atoms with Gasteiger partial charge in [-0.1, -0.05) is 17.3 Å². The van der Waals surface area contributed by atoms with Crippen LogP contribution in [-0.4, -0.2) is 30.8 Å². The summed E-state index contributed by atoms with van der Waals surface area (Å²) in [7, 11) is 0. The van der Waals surface area contributed by atoms with Crippen LogP contribution in [0.1, 0.15) is 11.1 Å². The average Bonchev–Trinajstić information content (AvgIpc) is 3.23. The molecule has 0 aliphatic rings.